The van der Waals surface area contributed by atoms with E-state index in [-0.39, 0.29) is 17.4 Å². The Morgan fingerprint density at radius 3 is 2.33 bits per heavy atom. The minimum atomic E-state index is -0.300. The molecule has 1 atom stereocenters. The van der Waals surface area contributed by atoms with Crippen LogP contribution in [0.25, 0.3) is 11.1 Å². The van der Waals surface area contributed by atoms with E-state index in [0.29, 0.717) is 41.8 Å². The molecule has 0 radical (unpaired) electrons. The van der Waals surface area contributed by atoms with Crippen molar-refractivity contribution in [3.63, 3.8) is 0 Å². The molecule has 1 amide bonds. The maximum atomic E-state index is 13.3. The van der Waals surface area contributed by atoms with E-state index in [4.69, 9.17) is 14.2 Å². The Labute approximate surface area is 194 Å². The van der Waals surface area contributed by atoms with Gasteiger partial charge in [0.05, 0.1) is 33.1 Å². The molecule has 4 rings (SSSR count). The highest BCUT2D eigenvalue weighted by molar-refractivity contribution is 5.83. The van der Waals surface area contributed by atoms with E-state index in [1.54, 1.807) is 27.4 Å². The van der Waals surface area contributed by atoms with Gasteiger partial charge in [0.1, 0.15) is 0 Å². The largest absolute Gasteiger partial charge is 0.493 e. The third-order valence-electron chi connectivity index (χ3n) is 6.63. The Bertz CT molecular complexity index is 1110. The van der Waals surface area contributed by atoms with Gasteiger partial charge < -0.3 is 24.8 Å². The van der Waals surface area contributed by atoms with Crippen molar-refractivity contribution in [2.24, 2.45) is 0 Å². The van der Waals surface area contributed by atoms with E-state index in [1.807, 2.05) is 18.2 Å². The first-order valence-electron chi connectivity index (χ1n) is 11.5. The van der Waals surface area contributed by atoms with Crippen LogP contribution in [0.4, 0.5) is 5.69 Å². The van der Waals surface area contributed by atoms with Crippen LogP contribution in [0, 0.1) is 0 Å². The van der Waals surface area contributed by atoms with Crippen LogP contribution in [-0.4, -0.2) is 33.3 Å². The first kappa shape index (κ1) is 23.0. The molecular formula is C26H32N2O5. The molecule has 176 valence electrons. The summed E-state index contributed by atoms with van der Waals surface area (Å²) in [4.78, 5) is 25.3. The van der Waals surface area contributed by atoms with Crippen LogP contribution in [0.1, 0.15) is 56.2 Å². The number of carbonyl (C=O) groups excluding carboxylic acids is 1. The summed E-state index contributed by atoms with van der Waals surface area (Å²) in [6.07, 6.45) is 5.82. The SMILES string of the molecule is COc1cc2c(c(OC)c1OC)-c1ccc(NC3CCCC3)c(=O)cc1C(NC(C)=O)CC2. The topological polar surface area (TPSA) is 85.9 Å². The van der Waals surface area contributed by atoms with E-state index >= 15 is 0 Å². The predicted molar refractivity (Wildman–Crippen MR) is 129 cm³/mol. The van der Waals surface area contributed by atoms with E-state index in [1.165, 1.54) is 19.8 Å². The summed E-state index contributed by atoms with van der Waals surface area (Å²) >= 11 is 0. The number of benzene rings is 1. The molecule has 1 saturated carbocycles. The maximum absolute atomic E-state index is 13.3. The van der Waals surface area contributed by atoms with Crippen molar-refractivity contribution in [2.75, 3.05) is 26.6 Å². The molecule has 2 aliphatic rings. The summed E-state index contributed by atoms with van der Waals surface area (Å²) in [5.74, 6) is 1.50. The Hall–Kier alpha value is -3.22. The number of anilines is 1. The fraction of sp³-hybridized carbons (Fsp3) is 0.462. The van der Waals surface area contributed by atoms with E-state index in [9.17, 15) is 9.59 Å². The van der Waals surface area contributed by atoms with Crippen LogP contribution in [-0.2, 0) is 11.2 Å². The zero-order valence-corrected chi connectivity index (χ0v) is 19.7. The third kappa shape index (κ3) is 4.49. The average molecular weight is 453 g/mol. The molecule has 0 heterocycles. The van der Waals surface area contributed by atoms with Crippen LogP contribution in [0.3, 0.4) is 0 Å². The second-order valence-electron chi connectivity index (χ2n) is 8.72. The Morgan fingerprint density at radius 1 is 0.970 bits per heavy atom. The second-order valence-corrected chi connectivity index (χ2v) is 8.72. The number of rotatable bonds is 6. The lowest BCUT2D eigenvalue weighted by Crippen LogP contribution is -2.26. The van der Waals surface area contributed by atoms with Gasteiger partial charge in [-0.2, -0.15) is 0 Å². The number of amides is 1. The van der Waals surface area contributed by atoms with Crippen LogP contribution in [0.2, 0.25) is 0 Å². The summed E-state index contributed by atoms with van der Waals surface area (Å²) in [6, 6.07) is 7.46. The van der Waals surface area contributed by atoms with Crippen molar-refractivity contribution >= 4 is 11.6 Å². The van der Waals surface area contributed by atoms with E-state index < -0.39 is 0 Å². The van der Waals surface area contributed by atoms with Gasteiger partial charge in [-0.15, -0.1) is 0 Å². The molecule has 0 bridgehead atoms. The third-order valence-corrected chi connectivity index (χ3v) is 6.63. The lowest BCUT2D eigenvalue weighted by Gasteiger charge is -2.19. The van der Waals surface area contributed by atoms with Gasteiger partial charge in [-0.1, -0.05) is 18.9 Å². The van der Waals surface area contributed by atoms with Crippen molar-refractivity contribution in [3.05, 3.63) is 45.6 Å². The molecule has 2 N–H and O–H groups in total. The Kier molecular flexibility index (Phi) is 6.77. The van der Waals surface area contributed by atoms with Crippen LogP contribution < -0.4 is 30.3 Å². The van der Waals surface area contributed by atoms with Gasteiger partial charge >= 0.3 is 0 Å². The van der Waals surface area contributed by atoms with E-state index in [2.05, 4.69) is 10.6 Å². The highest BCUT2D eigenvalue weighted by Crippen LogP contribution is 2.50. The van der Waals surface area contributed by atoms with Crippen molar-refractivity contribution in [3.8, 4) is 28.4 Å². The molecule has 0 aliphatic heterocycles. The maximum Gasteiger partial charge on any atom is 0.217 e. The lowest BCUT2D eigenvalue weighted by atomic mass is 9.95. The van der Waals surface area contributed by atoms with Gasteiger partial charge in [-0.05, 0) is 60.6 Å². The normalized spacial score (nSPS) is 17.4. The molecule has 2 aliphatic carbocycles. The molecule has 7 nitrogen and oxygen atoms in total. The molecule has 0 aromatic heterocycles. The van der Waals surface area contributed by atoms with Crippen molar-refractivity contribution in [1.82, 2.24) is 5.32 Å². The Morgan fingerprint density at radius 2 is 1.70 bits per heavy atom. The van der Waals surface area contributed by atoms with Gasteiger partial charge in [0.25, 0.3) is 0 Å². The molecule has 1 unspecified atom stereocenters. The highest BCUT2D eigenvalue weighted by Gasteiger charge is 2.29. The molecule has 1 fully saturated rings. The van der Waals surface area contributed by atoms with Crippen LogP contribution in [0.5, 0.6) is 17.2 Å². The fourth-order valence-corrected chi connectivity index (χ4v) is 5.12. The van der Waals surface area contributed by atoms with Crippen molar-refractivity contribution in [2.45, 2.75) is 57.5 Å². The molecule has 2 aromatic rings. The van der Waals surface area contributed by atoms with Gasteiger partial charge in [0.2, 0.25) is 17.1 Å². The number of hydrogen-bond donors (Lipinski definition) is 2. The molecule has 2 aromatic carbocycles. The zero-order chi connectivity index (χ0) is 23.5. The van der Waals surface area contributed by atoms with Crippen molar-refractivity contribution < 1.29 is 19.0 Å². The molecule has 7 heteroatoms. The number of methoxy groups -OCH3 is 3. The summed E-state index contributed by atoms with van der Waals surface area (Å²) in [7, 11) is 4.77. The second kappa shape index (κ2) is 9.73. The number of hydrogen-bond acceptors (Lipinski definition) is 6. The van der Waals surface area contributed by atoms with Crippen LogP contribution >= 0.6 is 0 Å². The van der Waals surface area contributed by atoms with E-state index in [0.717, 1.165) is 35.1 Å². The first-order valence-corrected chi connectivity index (χ1v) is 11.5. The number of carbonyl (C=O) groups is 1. The smallest absolute Gasteiger partial charge is 0.217 e. The summed E-state index contributed by atoms with van der Waals surface area (Å²) < 4.78 is 17.0. The van der Waals surface area contributed by atoms with Gasteiger partial charge in [-0.3, -0.25) is 9.59 Å². The first-order chi connectivity index (χ1) is 16.0. The lowest BCUT2D eigenvalue weighted by molar-refractivity contribution is -0.119. The van der Waals surface area contributed by atoms with Gasteiger partial charge in [0, 0.05) is 18.5 Å². The minimum Gasteiger partial charge on any atom is -0.493 e. The monoisotopic (exact) mass is 452 g/mol. The molecule has 0 spiro atoms. The fourth-order valence-electron chi connectivity index (χ4n) is 5.12. The molecule has 33 heavy (non-hydrogen) atoms. The summed E-state index contributed by atoms with van der Waals surface area (Å²) in [5.41, 5.74) is 4.00. The van der Waals surface area contributed by atoms with Gasteiger partial charge in [0.15, 0.2) is 11.5 Å². The number of fused-ring (bicyclic) bond motifs is 3. The Balaban J connectivity index is 1.96. The predicted octanol–water partition coefficient (Wildman–Crippen LogP) is 4.22. The van der Waals surface area contributed by atoms with Crippen molar-refractivity contribution in [1.29, 1.82) is 0 Å². The standard InChI is InChI=1S/C26H32N2O5/c1-15(29)27-20-11-9-16-13-23(31-2)25(32-3)26(33-4)24(16)18-10-12-21(22(30)14-19(18)20)28-17-7-5-6-8-17/h10,12-14,17,20H,5-9,11H2,1-4H3,(H,27,29)(H,28,30). The highest BCUT2D eigenvalue weighted by atomic mass is 16.5. The zero-order valence-electron chi connectivity index (χ0n) is 19.7. The number of ether oxygens (including phenoxy) is 3. The quantitative estimate of drug-likeness (QED) is 0.683. The summed E-state index contributed by atoms with van der Waals surface area (Å²) in [6.45, 7) is 1.50. The van der Waals surface area contributed by atoms with Crippen LogP contribution in [0.15, 0.2) is 29.1 Å². The molecular weight excluding hydrogens is 420 g/mol. The van der Waals surface area contributed by atoms with Gasteiger partial charge in [-0.25, -0.2) is 0 Å². The number of nitrogens with one attached hydrogen (secondary N) is 2. The average Bonchev–Trinajstić information content (AvgIpc) is 3.21. The summed E-state index contributed by atoms with van der Waals surface area (Å²) in [5, 5.41) is 6.48. The molecule has 0 saturated heterocycles. The minimum absolute atomic E-state index is 0.0820. The number of aryl methyl sites for hydroxylation is 1.